The van der Waals surface area contributed by atoms with Gasteiger partial charge in [0.25, 0.3) is 0 Å². The molecule has 0 saturated carbocycles. The zero-order valence-electron chi connectivity index (χ0n) is 16.2. The van der Waals surface area contributed by atoms with E-state index in [1.165, 1.54) is 6.26 Å². The molecule has 0 aliphatic carbocycles. The number of sulfone groups is 1. The minimum atomic E-state index is -2.96. The summed E-state index contributed by atoms with van der Waals surface area (Å²) in [5.41, 5.74) is 0.966. The Kier molecular flexibility index (Phi) is 11.1. The highest BCUT2D eigenvalue weighted by atomic mass is 127. The predicted octanol–water partition coefficient (Wildman–Crippen LogP) is 3.61. The Morgan fingerprint density at radius 2 is 2.00 bits per heavy atom. The van der Waals surface area contributed by atoms with E-state index >= 15 is 0 Å². The van der Waals surface area contributed by atoms with Gasteiger partial charge >= 0.3 is 0 Å². The molecule has 0 fully saturated rings. The second-order valence-electron chi connectivity index (χ2n) is 7.05. The fourth-order valence-corrected chi connectivity index (χ4v) is 3.27. The Morgan fingerprint density at radius 1 is 1.35 bits per heavy atom. The normalized spacial score (nSPS) is 13.7. The molecule has 1 aromatic carbocycles. The Bertz CT molecular complexity index is 693. The van der Waals surface area contributed by atoms with Crippen LogP contribution >= 0.6 is 35.6 Å². The summed E-state index contributed by atoms with van der Waals surface area (Å²) in [6.45, 7) is 9.53. The summed E-state index contributed by atoms with van der Waals surface area (Å²) >= 11 is 6.09. The quantitative estimate of drug-likeness (QED) is 0.315. The number of rotatable bonds is 8. The van der Waals surface area contributed by atoms with Crippen LogP contribution in [0.3, 0.4) is 0 Å². The lowest BCUT2D eigenvalue weighted by Gasteiger charge is -2.25. The Balaban J connectivity index is 0.00000625. The monoisotopic (exact) mass is 515 g/mol. The maximum absolute atomic E-state index is 11.3. The van der Waals surface area contributed by atoms with Crippen LogP contribution in [0.2, 0.25) is 5.02 Å². The molecule has 0 aliphatic rings. The summed E-state index contributed by atoms with van der Waals surface area (Å²) in [7, 11) is -2.96. The minimum Gasteiger partial charge on any atom is -0.357 e. The molecule has 2 N–H and O–H groups in total. The summed E-state index contributed by atoms with van der Waals surface area (Å²) in [5.74, 6) is 0.854. The number of hydrogen-bond acceptors (Lipinski definition) is 3. The van der Waals surface area contributed by atoms with Gasteiger partial charge in [-0.1, -0.05) is 37.6 Å². The van der Waals surface area contributed by atoms with Gasteiger partial charge in [-0.2, -0.15) is 0 Å². The fraction of sp³-hybridized carbons (Fsp3) is 0.611. The molecular formula is C18H31ClIN3O2S. The van der Waals surface area contributed by atoms with Gasteiger partial charge in [0.1, 0.15) is 9.84 Å². The van der Waals surface area contributed by atoms with E-state index in [4.69, 9.17) is 11.6 Å². The van der Waals surface area contributed by atoms with E-state index in [0.29, 0.717) is 23.9 Å². The molecule has 0 saturated heterocycles. The zero-order valence-corrected chi connectivity index (χ0v) is 20.1. The third-order valence-electron chi connectivity index (χ3n) is 3.89. The average Bonchev–Trinajstić information content (AvgIpc) is 2.50. The molecule has 150 valence electrons. The molecule has 0 amide bonds. The van der Waals surface area contributed by atoms with Crippen molar-refractivity contribution < 1.29 is 8.42 Å². The van der Waals surface area contributed by atoms with Gasteiger partial charge in [0.15, 0.2) is 5.96 Å². The van der Waals surface area contributed by atoms with Crippen LogP contribution in [-0.2, 0) is 15.3 Å². The van der Waals surface area contributed by atoms with Gasteiger partial charge in [-0.05, 0) is 38.0 Å². The predicted molar refractivity (Wildman–Crippen MR) is 123 cm³/mol. The number of nitrogens with one attached hydrogen (secondary N) is 2. The molecule has 26 heavy (non-hydrogen) atoms. The summed E-state index contributed by atoms with van der Waals surface area (Å²) in [4.78, 5) is 4.68. The maximum Gasteiger partial charge on any atom is 0.191 e. The van der Waals surface area contributed by atoms with Gasteiger partial charge in [0.05, 0.1) is 12.3 Å². The molecule has 1 unspecified atom stereocenters. The van der Waals surface area contributed by atoms with Crippen LogP contribution in [-0.4, -0.2) is 45.5 Å². The molecule has 0 aromatic heterocycles. The highest BCUT2D eigenvalue weighted by molar-refractivity contribution is 14.0. The van der Waals surface area contributed by atoms with Crippen LogP contribution in [0.5, 0.6) is 0 Å². The molecular weight excluding hydrogens is 485 g/mol. The summed E-state index contributed by atoms with van der Waals surface area (Å²) in [5, 5.41) is 7.20. The molecule has 0 bridgehead atoms. The molecule has 5 nitrogen and oxygen atoms in total. The number of nitrogens with zero attached hydrogens (tertiary/aromatic N) is 1. The van der Waals surface area contributed by atoms with Crippen molar-refractivity contribution in [3.63, 3.8) is 0 Å². The van der Waals surface area contributed by atoms with Gasteiger partial charge in [-0.3, -0.25) is 4.99 Å². The SMILES string of the molecule is CCNC(=NCC(C)(C)c1cccc(Cl)c1)NC(C)CCS(C)(=O)=O.I. The van der Waals surface area contributed by atoms with Crippen LogP contribution in [0.15, 0.2) is 29.3 Å². The Morgan fingerprint density at radius 3 is 2.54 bits per heavy atom. The molecule has 0 spiro atoms. The van der Waals surface area contributed by atoms with Crippen molar-refractivity contribution in [2.24, 2.45) is 4.99 Å². The van der Waals surface area contributed by atoms with Crippen molar-refractivity contribution in [2.75, 3.05) is 25.1 Å². The van der Waals surface area contributed by atoms with Crippen LogP contribution in [0.1, 0.15) is 39.7 Å². The molecule has 0 heterocycles. The van der Waals surface area contributed by atoms with E-state index in [1.54, 1.807) is 0 Å². The molecule has 1 aromatic rings. The summed E-state index contributed by atoms with van der Waals surface area (Å²) in [6.07, 6.45) is 1.80. The lowest BCUT2D eigenvalue weighted by Crippen LogP contribution is -2.43. The van der Waals surface area contributed by atoms with E-state index < -0.39 is 9.84 Å². The van der Waals surface area contributed by atoms with E-state index in [-0.39, 0.29) is 41.2 Å². The smallest absolute Gasteiger partial charge is 0.191 e. The lowest BCUT2D eigenvalue weighted by molar-refractivity contribution is 0.533. The molecule has 8 heteroatoms. The Labute approximate surface area is 180 Å². The van der Waals surface area contributed by atoms with Crippen LogP contribution < -0.4 is 10.6 Å². The van der Waals surface area contributed by atoms with E-state index in [9.17, 15) is 8.42 Å². The molecule has 0 radical (unpaired) electrons. The van der Waals surface area contributed by atoms with Gasteiger partial charge in [-0.25, -0.2) is 8.42 Å². The maximum atomic E-state index is 11.3. The number of hydrogen-bond donors (Lipinski definition) is 2. The second kappa shape index (κ2) is 11.3. The first-order valence-electron chi connectivity index (χ1n) is 8.52. The van der Waals surface area contributed by atoms with Gasteiger partial charge < -0.3 is 10.6 Å². The van der Waals surface area contributed by atoms with Gasteiger partial charge in [0.2, 0.25) is 0 Å². The minimum absolute atomic E-state index is 0. The van der Waals surface area contributed by atoms with Gasteiger partial charge in [-0.15, -0.1) is 24.0 Å². The topological polar surface area (TPSA) is 70.6 Å². The van der Waals surface area contributed by atoms with Crippen molar-refractivity contribution in [3.05, 3.63) is 34.9 Å². The first-order valence-corrected chi connectivity index (χ1v) is 11.0. The summed E-state index contributed by atoms with van der Waals surface area (Å²) in [6, 6.07) is 7.84. The van der Waals surface area contributed by atoms with E-state index in [1.807, 2.05) is 32.0 Å². The first-order chi connectivity index (χ1) is 11.5. The van der Waals surface area contributed by atoms with Crippen LogP contribution in [0, 0.1) is 0 Å². The number of aliphatic imine (C=N–C) groups is 1. The molecule has 1 rings (SSSR count). The van der Waals surface area contributed by atoms with Crippen molar-refractivity contribution >= 4 is 51.4 Å². The van der Waals surface area contributed by atoms with Crippen molar-refractivity contribution in [3.8, 4) is 0 Å². The summed E-state index contributed by atoms with van der Waals surface area (Å²) < 4.78 is 22.6. The standard InChI is InChI=1S/C18H30ClN3O2S.HI/c1-6-20-17(22-14(2)10-11-25(5,23)24)21-13-18(3,4)15-8-7-9-16(19)12-15;/h7-9,12,14H,6,10-11,13H2,1-5H3,(H2,20,21,22);1H. The highest BCUT2D eigenvalue weighted by Gasteiger charge is 2.21. The van der Waals surface area contributed by atoms with E-state index in [0.717, 1.165) is 12.1 Å². The second-order valence-corrected chi connectivity index (χ2v) is 9.75. The number of halogens is 2. The average molecular weight is 516 g/mol. The highest BCUT2D eigenvalue weighted by Crippen LogP contribution is 2.25. The van der Waals surface area contributed by atoms with Crippen LogP contribution in [0.25, 0.3) is 0 Å². The van der Waals surface area contributed by atoms with Crippen molar-refractivity contribution in [2.45, 2.75) is 45.6 Å². The Hall–Kier alpha value is -0.540. The number of guanidine groups is 1. The van der Waals surface area contributed by atoms with Crippen molar-refractivity contribution in [1.29, 1.82) is 0 Å². The van der Waals surface area contributed by atoms with E-state index in [2.05, 4.69) is 35.5 Å². The third kappa shape index (κ3) is 9.97. The fourth-order valence-electron chi connectivity index (χ4n) is 2.29. The van der Waals surface area contributed by atoms with Crippen LogP contribution in [0.4, 0.5) is 0 Å². The largest absolute Gasteiger partial charge is 0.357 e. The third-order valence-corrected chi connectivity index (χ3v) is 5.10. The zero-order chi connectivity index (χ0) is 19.1. The first kappa shape index (κ1) is 25.5. The lowest BCUT2D eigenvalue weighted by atomic mass is 9.85. The molecule has 1 atom stereocenters. The molecule has 0 aliphatic heterocycles. The van der Waals surface area contributed by atoms with Crippen molar-refractivity contribution in [1.82, 2.24) is 10.6 Å². The number of benzene rings is 1. The van der Waals surface area contributed by atoms with Gasteiger partial charge in [0, 0.05) is 29.3 Å².